The van der Waals surface area contributed by atoms with Crippen LogP contribution in [-0.2, 0) is 0 Å². The number of aromatic hydroxyl groups is 1. The SMILES string of the molecule is COc1ccccc1[C@H](CN=Cc1cc(Cl)cc(Cl)c1O)N(C)C. The maximum Gasteiger partial charge on any atom is 0.143 e. The number of hydrogen-bond donors (Lipinski definition) is 1. The molecule has 0 heterocycles. The molecule has 6 heteroatoms. The van der Waals surface area contributed by atoms with Crippen LogP contribution in [0.4, 0.5) is 0 Å². The van der Waals surface area contributed by atoms with Gasteiger partial charge in [-0.2, -0.15) is 0 Å². The molecule has 0 aliphatic heterocycles. The highest BCUT2D eigenvalue weighted by molar-refractivity contribution is 6.36. The highest BCUT2D eigenvalue weighted by Crippen LogP contribution is 2.31. The van der Waals surface area contributed by atoms with E-state index in [1.165, 1.54) is 6.07 Å². The topological polar surface area (TPSA) is 45.1 Å². The van der Waals surface area contributed by atoms with Crippen molar-refractivity contribution >= 4 is 29.4 Å². The summed E-state index contributed by atoms with van der Waals surface area (Å²) < 4.78 is 5.44. The van der Waals surface area contributed by atoms with Crippen LogP contribution >= 0.6 is 23.2 Å². The minimum Gasteiger partial charge on any atom is -0.506 e. The molecule has 1 N–H and O–H groups in total. The van der Waals surface area contributed by atoms with Crippen LogP contribution in [-0.4, -0.2) is 44.0 Å². The van der Waals surface area contributed by atoms with Gasteiger partial charge in [-0.1, -0.05) is 41.4 Å². The molecular weight excluding hydrogens is 347 g/mol. The van der Waals surface area contributed by atoms with E-state index in [0.29, 0.717) is 17.1 Å². The third-order valence-corrected chi connectivity index (χ3v) is 4.19. The number of phenolic OH excluding ortho intramolecular Hbond substituents is 1. The van der Waals surface area contributed by atoms with Crippen LogP contribution in [0.1, 0.15) is 17.2 Å². The number of nitrogens with zero attached hydrogens (tertiary/aromatic N) is 2. The number of para-hydroxylation sites is 1. The minimum absolute atomic E-state index is 0.0245. The van der Waals surface area contributed by atoms with Crippen molar-refractivity contribution in [3.8, 4) is 11.5 Å². The van der Waals surface area contributed by atoms with E-state index in [-0.39, 0.29) is 16.8 Å². The molecule has 0 saturated carbocycles. The van der Waals surface area contributed by atoms with Crippen molar-refractivity contribution in [2.75, 3.05) is 27.7 Å². The smallest absolute Gasteiger partial charge is 0.143 e. The Balaban J connectivity index is 2.24. The monoisotopic (exact) mass is 366 g/mol. The molecular formula is C18H20Cl2N2O2. The van der Waals surface area contributed by atoms with Gasteiger partial charge in [0.05, 0.1) is 24.7 Å². The van der Waals surface area contributed by atoms with E-state index in [1.807, 2.05) is 38.4 Å². The molecule has 0 spiro atoms. The zero-order valence-corrected chi connectivity index (χ0v) is 15.3. The second-order valence-corrected chi connectivity index (χ2v) is 6.38. The number of aliphatic imine (C=N–C) groups is 1. The Hall–Kier alpha value is -1.75. The molecule has 0 bridgehead atoms. The first-order chi connectivity index (χ1) is 11.4. The van der Waals surface area contributed by atoms with Gasteiger partial charge in [-0.15, -0.1) is 0 Å². The Labute approximate surface area is 152 Å². The number of methoxy groups -OCH3 is 1. The van der Waals surface area contributed by atoms with Crippen molar-refractivity contribution < 1.29 is 9.84 Å². The molecule has 0 amide bonds. The highest BCUT2D eigenvalue weighted by Gasteiger charge is 2.17. The number of benzene rings is 2. The van der Waals surface area contributed by atoms with Crippen molar-refractivity contribution in [2.45, 2.75) is 6.04 Å². The summed E-state index contributed by atoms with van der Waals surface area (Å²) in [5.74, 6) is 0.795. The van der Waals surface area contributed by atoms with Gasteiger partial charge in [0.25, 0.3) is 0 Å². The van der Waals surface area contributed by atoms with Crippen molar-refractivity contribution in [1.29, 1.82) is 0 Å². The van der Waals surface area contributed by atoms with Gasteiger partial charge in [0.2, 0.25) is 0 Å². The maximum atomic E-state index is 9.98. The lowest BCUT2D eigenvalue weighted by molar-refractivity contribution is 0.295. The molecule has 4 nitrogen and oxygen atoms in total. The van der Waals surface area contributed by atoms with Gasteiger partial charge in [0.15, 0.2) is 0 Å². The summed E-state index contributed by atoms with van der Waals surface area (Å²) in [4.78, 5) is 6.53. The third-order valence-electron chi connectivity index (χ3n) is 3.69. The van der Waals surface area contributed by atoms with Crippen LogP contribution < -0.4 is 4.74 Å². The summed E-state index contributed by atoms with van der Waals surface area (Å²) in [5.41, 5.74) is 1.54. The first kappa shape index (κ1) is 18.6. The summed E-state index contributed by atoms with van der Waals surface area (Å²) >= 11 is 11.9. The fourth-order valence-electron chi connectivity index (χ4n) is 2.42. The van der Waals surface area contributed by atoms with E-state index >= 15 is 0 Å². The van der Waals surface area contributed by atoms with Crippen molar-refractivity contribution in [2.24, 2.45) is 4.99 Å². The molecule has 128 valence electrons. The van der Waals surface area contributed by atoms with Crippen LogP contribution in [0.3, 0.4) is 0 Å². The summed E-state index contributed by atoms with van der Waals surface area (Å²) in [6.07, 6.45) is 1.58. The fraction of sp³-hybridized carbons (Fsp3) is 0.278. The van der Waals surface area contributed by atoms with E-state index in [0.717, 1.165) is 11.3 Å². The average Bonchev–Trinajstić information content (AvgIpc) is 2.55. The highest BCUT2D eigenvalue weighted by atomic mass is 35.5. The van der Waals surface area contributed by atoms with E-state index in [2.05, 4.69) is 9.89 Å². The van der Waals surface area contributed by atoms with Gasteiger partial charge < -0.3 is 14.7 Å². The summed E-state index contributed by atoms with van der Waals surface area (Å²) in [5, 5.41) is 10.6. The normalized spacial score (nSPS) is 12.8. The largest absolute Gasteiger partial charge is 0.506 e. The molecule has 0 saturated heterocycles. The van der Waals surface area contributed by atoms with Crippen LogP contribution in [0.2, 0.25) is 10.0 Å². The molecule has 1 atom stereocenters. The van der Waals surface area contributed by atoms with E-state index < -0.39 is 0 Å². The Morgan fingerprint density at radius 1 is 1.25 bits per heavy atom. The van der Waals surface area contributed by atoms with E-state index in [1.54, 1.807) is 19.4 Å². The molecule has 0 unspecified atom stereocenters. The number of halogens is 2. The Morgan fingerprint density at radius 2 is 1.96 bits per heavy atom. The maximum absolute atomic E-state index is 9.98. The van der Waals surface area contributed by atoms with Crippen molar-refractivity contribution in [3.05, 3.63) is 57.6 Å². The number of rotatable bonds is 6. The summed E-state index contributed by atoms with van der Waals surface area (Å²) in [7, 11) is 5.63. The van der Waals surface area contributed by atoms with Crippen molar-refractivity contribution in [3.63, 3.8) is 0 Å². The Bertz CT molecular complexity index is 733. The first-order valence-corrected chi connectivity index (χ1v) is 8.16. The second-order valence-electron chi connectivity index (χ2n) is 5.54. The fourth-order valence-corrected chi connectivity index (χ4v) is 2.93. The predicted octanol–water partition coefficient (Wildman–Crippen LogP) is 4.43. The molecule has 0 aliphatic carbocycles. The van der Waals surface area contributed by atoms with Crippen molar-refractivity contribution in [1.82, 2.24) is 4.90 Å². The second kappa shape index (κ2) is 8.38. The van der Waals surface area contributed by atoms with Gasteiger partial charge in [0, 0.05) is 22.4 Å². The van der Waals surface area contributed by atoms with Gasteiger partial charge in [0.1, 0.15) is 11.5 Å². The molecule has 0 aliphatic rings. The molecule has 2 aromatic rings. The van der Waals surface area contributed by atoms with Crippen LogP contribution in [0.25, 0.3) is 0 Å². The zero-order valence-electron chi connectivity index (χ0n) is 13.8. The summed E-state index contributed by atoms with van der Waals surface area (Å²) in [6, 6.07) is 11.0. The van der Waals surface area contributed by atoms with Crippen LogP contribution in [0.5, 0.6) is 11.5 Å². The number of phenols is 1. The standard InChI is InChI=1S/C18H20Cl2N2O2/c1-22(2)16(14-6-4-5-7-17(14)24-3)11-21-10-12-8-13(19)9-15(20)18(12)23/h4-10,16,23H,11H2,1-3H3/t16-/m0/s1. The Morgan fingerprint density at radius 3 is 2.62 bits per heavy atom. The van der Waals surface area contributed by atoms with E-state index in [4.69, 9.17) is 27.9 Å². The van der Waals surface area contributed by atoms with Gasteiger partial charge in [-0.05, 0) is 32.3 Å². The lowest BCUT2D eigenvalue weighted by atomic mass is 10.0. The van der Waals surface area contributed by atoms with Gasteiger partial charge in [-0.25, -0.2) is 0 Å². The molecule has 2 aromatic carbocycles. The quantitative estimate of drug-likeness (QED) is 0.769. The lowest BCUT2D eigenvalue weighted by Crippen LogP contribution is -2.23. The molecule has 2 rings (SSSR count). The number of hydrogen-bond acceptors (Lipinski definition) is 4. The summed E-state index contributed by atoms with van der Waals surface area (Å²) in [6.45, 7) is 0.497. The number of ether oxygens (including phenoxy) is 1. The Kier molecular flexibility index (Phi) is 6.49. The molecule has 0 radical (unpaired) electrons. The minimum atomic E-state index is -0.0245. The van der Waals surface area contributed by atoms with Gasteiger partial charge in [-0.3, -0.25) is 4.99 Å². The average molecular weight is 367 g/mol. The molecule has 24 heavy (non-hydrogen) atoms. The van der Waals surface area contributed by atoms with Gasteiger partial charge >= 0.3 is 0 Å². The van der Waals surface area contributed by atoms with Crippen LogP contribution in [0, 0.1) is 0 Å². The molecule has 0 aromatic heterocycles. The first-order valence-electron chi connectivity index (χ1n) is 7.41. The third kappa shape index (κ3) is 4.41. The zero-order chi connectivity index (χ0) is 17.7. The van der Waals surface area contributed by atoms with Crippen LogP contribution in [0.15, 0.2) is 41.4 Å². The predicted molar refractivity (Wildman–Crippen MR) is 100 cm³/mol. The lowest BCUT2D eigenvalue weighted by Gasteiger charge is -2.24. The van der Waals surface area contributed by atoms with E-state index in [9.17, 15) is 5.11 Å². The molecule has 0 fully saturated rings. The number of likely N-dealkylation sites (N-methyl/N-ethyl adjacent to an activating group) is 1.